The Balaban J connectivity index is -0.0000000335. The molecule has 0 aliphatic carbocycles. The van der Waals surface area contributed by atoms with E-state index >= 15 is 0 Å². The van der Waals surface area contributed by atoms with Crippen molar-refractivity contribution in [1.29, 1.82) is 0 Å². The summed E-state index contributed by atoms with van der Waals surface area (Å²) in [4.78, 5) is 12.4. The molecule has 0 unspecified atom stereocenters. The van der Waals surface area contributed by atoms with Gasteiger partial charge < -0.3 is 23.4 Å². The maximum Gasteiger partial charge on any atom is 0.0101 e. The van der Waals surface area contributed by atoms with Crippen LogP contribution < -0.4 is 6.15 Å². The van der Waals surface area contributed by atoms with Gasteiger partial charge in [0.25, 0.3) is 0 Å². The summed E-state index contributed by atoms with van der Waals surface area (Å²) in [6.45, 7) is 4.00. The number of carbonyl (C=O) groups excluding carboxylic acids is 1. The van der Waals surface area contributed by atoms with Crippen molar-refractivity contribution in [2.45, 2.75) is 21.3 Å². The molecule has 0 aliphatic heterocycles. The second-order valence-corrected chi connectivity index (χ2v) is 1.19. The molecule has 1 rings (SSSR count). The van der Waals surface area contributed by atoms with Gasteiger partial charge in [0.1, 0.15) is 0 Å². The fourth-order valence-electron chi connectivity index (χ4n) is 0.394. The molecule has 0 spiro atoms. The van der Waals surface area contributed by atoms with Gasteiger partial charge >= 0.3 is 0 Å². The minimum absolute atomic E-state index is 0. The smallest absolute Gasteiger partial charge is 0.0101 e. The molecule has 13 heavy (non-hydrogen) atoms. The van der Waals surface area contributed by atoms with Gasteiger partial charge in [0.2, 0.25) is 0 Å². The number of nitrogens with one attached hydrogen (secondary N) is 1. The summed E-state index contributed by atoms with van der Waals surface area (Å²) in [5.41, 5.74) is 0.500. The molecular formula is C9H20N2OY-2. The van der Waals surface area contributed by atoms with E-state index in [0.717, 1.165) is 0 Å². The van der Waals surface area contributed by atoms with E-state index in [-0.39, 0.29) is 53.7 Å². The zero-order valence-corrected chi connectivity index (χ0v) is 10.8. The van der Waals surface area contributed by atoms with E-state index in [4.69, 9.17) is 0 Å². The Labute approximate surface area is 107 Å². The van der Waals surface area contributed by atoms with Crippen molar-refractivity contribution in [3.05, 3.63) is 31.5 Å². The average molecular weight is 261 g/mol. The van der Waals surface area contributed by atoms with Crippen LogP contribution in [0.2, 0.25) is 0 Å². The minimum atomic E-state index is 0. The quantitative estimate of drug-likeness (QED) is 0.763. The van der Waals surface area contributed by atoms with Gasteiger partial charge in [-0.25, -0.2) is 0 Å². The molecule has 0 saturated carbocycles. The maximum absolute atomic E-state index is 9.71. The maximum atomic E-state index is 9.71. The van der Waals surface area contributed by atoms with E-state index in [1.54, 1.807) is 24.6 Å². The number of H-pyrrole nitrogens is 1. The van der Waals surface area contributed by atoms with Crippen LogP contribution in [-0.4, -0.2) is 11.3 Å². The van der Waals surface area contributed by atoms with Crippen molar-refractivity contribution in [1.82, 2.24) is 11.1 Å². The van der Waals surface area contributed by atoms with Gasteiger partial charge in [-0.15, -0.1) is 6.07 Å². The van der Waals surface area contributed by atoms with Crippen LogP contribution in [0.5, 0.6) is 0 Å². The first kappa shape index (κ1) is 29.2. The molecule has 0 saturated heterocycles. The summed E-state index contributed by atoms with van der Waals surface area (Å²) in [6.07, 6.45) is 3.38. The minimum Gasteiger partial charge on any atom is -0.417 e. The summed E-state index contributed by atoms with van der Waals surface area (Å²) >= 11 is 0. The first-order chi connectivity index (χ1) is 4.43. The van der Waals surface area contributed by atoms with Gasteiger partial charge in [0.15, 0.2) is 0 Å². The van der Waals surface area contributed by atoms with Crippen LogP contribution in [0.4, 0.5) is 0 Å². The Kier molecular flexibility index (Phi) is 51.1. The summed E-state index contributed by atoms with van der Waals surface area (Å²) in [6, 6.07) is 3.41. The van der Waals surface area contributed by atoms with Crippen molar-refractivity contribution < 1.29 is 37.5 Å². The van der Waals surface area contributed by atoms with Crippen LogP contribution in [-0.2, 0) is 37.5 Å². The predicted octanol–water partition coefficient (Wildman–Crippen LogP) is 2.74. The van der Waals surface area contributed by atoms with Gasteiger partial charge in [-0.2, -0.15) is 6.07 Å². The molecule has 3 nitrogen and oxygen atoms in total. The van der Waals surface area contributed by atoms with Crippen LogP contribution in [0.1, 0.15) is 27.0 Å². The molecule has 4 N–H and O–H groups in total. The Morgan fingerprint density at radius 1 is 1.38 bits per heavy atom. The molecule has 1 aromatic heterocycles. The molecular weight excluding hydrogens is 241 g/mol. The molecule has 1 heterocycles. The van der Waals surface area contributed by atoms with E-state index in [2.05, 4.69) is 4.98 Å². The van der Waals surface area contributed by atoms with Crippen LogP contribution in [0.3, 0.4) is 0 Å². The third-order valence-corrected chi connectivity index (χ3v) is 0.708. The second-order valence-electron chi connectivity index (χ2n) is 1.19. The number of aromatic nitrogens is 1. The fraction of sp³-hybridized carbons (Fsp3) is 0.333. The van der Waals surface area contributed by atoms with Crippen molar-refractivity contribution in [2.75, 3.05) is 0 Å². The third kappa shape index (κ3) is 14.8. The number of hydrogen-bond donors (Lipinski definition) is 2. The second kappa shape index (κ2) is 22.7. The van der Waals surface area contributed by atoms with Crippen LogP contribution in [0.25, 0.3) is 0 Å². The summed E-state index contributed by atoms with van der Waals surface area (Å²) in [7, 11) is 0. The van der Waals surface area contributed by atoms with Crippen molar-refractivity contribution in [3.63, 3.8) is 0 Å². The topological polar surface area (TPSA) is 67.9 Å². The van der Waals surface area contributed by atoms with Gasteiger partial charge in [-0.05, 0) is 6.20 Å². The zero-order valence-electron chi connectivity index (χ0n) is 7.92. The fourth-order valence-corrected chi connectivity index (χ4v) is 0.394. The normalized spacial score (nSPS) is 5.08. The van der Waals surface area contributed by atoms with E-state index < -0.39 is 0 Å². The monoisotopic (exact) mass is 261 g/mol. The zero-order chi connectivity index (χ0) is 7.11. The molecule has 1 aromatic rings. The van der Waals surface area contributed by atoms with E-state index in [1.165, 1.54) is 0 Å². The van der Waals surface area contributed by atoms with Crippen molar-refractivity contribution >= 4 is 6.29 Å². The van der Waals surface area contributed by atoms with Crippen LogP contribution >= 0.6 is 0 Å². The van der Waals surface area contributed by atoms with E-state index in [0.29, 0.717) is 5.69 Å². The molecule has 0 fully saturated rings. The number of rotatable bonds is 1. The summed E-state index contributed by atoms with van der Waals surface area (Å²) < 4.78 is 0. The third-order valence-electron chi connectivity index (χ3n) is 0.708. The molecule has 0 bridgehead atoms. The molecule has 0 aliphatic rings. The molecule has 0 atom stereocenters. The Morgan fingerprint density at radius 3 is 2.00 bits per heavy atom. The number of aromatic amines is 1. The SMILES string of the molecule is C.CC.N.O=[C-]c1ccc[nH]1.[CH3-].[Y]. The first-order valence-corrected chi connectivity index (χ1v) is 2.95. The van der Waals surface area contributed by atoms with Crippen molar-refractivity contribution in [2.24, 2.45) is 0 Å². The van der Waals surface area contributed by atoms with Crippen LogP contribution in [0.15, 0.2) is 18.3 Å². The van der Waals surface area contributed by atoms with E-state index in [1.807, 2.05) is 13.8 Å². The van der Waals surface area contributed by atoms with Crippen LogP contribution in [0, 0.1) is 7.43 Å². The molecule has 0 amide bonds. The Hall–Kier alpha value is 0.0139. The number of hydrogen-bond acceptors (Lipinski definition) is 2. The standard InChI is InChI=1S/C5H4NO.C2H6.CH4.CH3.H3N.Y/c7-4-5-2-1-3-6-5;1-2;;;;/h1-3,6H;1-2H3;1H4;2*1H3;/q-1;;;-1;;. The van der Waals surface area contributed by atoms with Gasteiger partial charge in [0.05, 0.1) is 0 Å². The molecule has 0 aromatic carbocycles. The summed E-state index contributed by atoms with van der Waals surface area (Å²) in [5.74, 6) is 0. The first-order valence-electron chi connectivity index (χ1n) is 2.95. The predicted molar refractivity (Wildman–Crippen MR) is 55.1 cm³/mol. The van der Waals surface area contributed by atoms with Gasteiger partial charge in [-0.1, -0.05) is 27.0 Å². The summed E-state index contributed by atoms with van der Waals surface area (Å²) in [5, 5.41) is 0. The van der Waals surface area contributed by atoms with E-state index in [9.17, 15) is 4.79 Å². The molecule has 77 valence electrons. The van der Waals surface area contributed by atoms with Gasteiger partial charge in [-0.3, -0.25) is 0 Å². The Morgan fingerprint density at radius 2 is 1.85 bits per heavy atom. The Bertz CT molecular complexity index is 153. The van der Waals surface area contributed by atoms with Gasteiger partial charge in [0, 0.05) is 39.0 Å². The molecule has 1 radical (unpaired) electrons. The van der Waals surface area contributed by atoms with Crippen molar-refractivity contribution in [3.8, 4) is 0 Å². The average Bonchev–Trinajstić information content (AvgIpc) is 2.43. The largest absolute Gasteiger partial charge is 0.417 e. The molecule has 4 heteroatoms.